The fourth-order valence-corrected chi connectivity index (χ4v) is 0.854. The molecule has 0 aromatic rings. The summed E-state index contributed by atoms with van der Waals surface area (Å²) in [6, 6.07) is 1.54. The van der Waals surface area contributed by atoms with E-state index in [0.29, 0.717) is 5.69 Å². The predicted molar refractivity (Wildman–Crippen MR) is 33.6 cm³/mol. The van der Waals surface area contributed by atoms with E-state index in [9.17, 15) is 9.59 Å². The van der Waals surface area contributed by atoms with E-state index in [1.54, 1.807) is 0 Å². The molecule has 0 N–H and O–H groups in total. The normalized spacial score (nSPS) is 9.82. The van der Waals surface area contributed by atoms with Crippen LogP contribution < -0.4 is 11.0 Å². The van der Waals surface area contributed by atoms with Gasteiger partial charge < -0.3 is 0 Å². The van der Waals surface area contributed by atoms with Crippen molar-refractivity contribution < 1.29 is 21.1 Å². The maximum atomic E-state index is 10.8. The maximum Gasteiger partial charge on any atom is 0.320 e. The molecule has 4 nitrogen and oxygen atoms in total. The van der Waals surface area contributed by atoms with Crippen LogP contribution in [0.2, 0.25) is 0 Å². The third-order valence-electron chi connectivity index (χ3n) is 1.31. The second-order valence-corrected chi connectivity index (χ2v) is 1.92. The summed E-state index contributed by atoms with van der Waals surface area (Å²) in [5, 5.41) is 0. The Bertz CT molecular complexity index is 419. The largest absolute Gasteiger partial charge is 0.320 e. The summed E-state index contributed by atoms with van der Waals surface area (Å²) in [6.45, 7) is 0. The number of fused-ring (bicyclic) bond motifs is 1. The van der Waals surface area contributed by atoms with E-state index in [2.05, 4.69) is 9.97 Å². The quantitative estimate of drug-likeness (QED) is 0.438. The average molecular weight is 230 g/mol. The van der Waals surface area contributed by atoms with Crippen LogP contribution in [0.4, 0.5) is 0 Å². The van der Waals surface area contributed by atoms with Gasteiger partial charge in [0, 0.05) is 27.3 Å². The van der Waals surface area contributed by atoms with Crippen LogP contribution in [0.25, 0.3) is 11.4 Å². The summed E-state index contributed by atoms with van der Waals surface area (Å²) >= 11 is 0. The fourth-order valence-electron chi connectivity index (χ4n) is 0.854. The molecule has 0 unspecified atom stereocenters. The van der Waals surface area contributed by atoms with E-state index in [0.717, 1.165) is 0 Å². The van der Waals surface area contributed by atoms with E-state index >= 15 is 0 Å². The molecular formula is C6H2MoN2O2. The second-order valence-electron chi connectivity index (χ2n) is 1.92. The Kier molecular flexibility index (Phi) is 1.96. The average Bonchev–Trinajstić information content (AvgIpc) is 2.41. The van der Waals surface area contributed by atoms with Gasteiger partial charge in [-0.3, -0.25) is 14.6 Å². The van der Waals surface area contributed by atoms with Crippen molar-refractivity contribution in [3.05, 3.63) is 32.8 Å². The molecule has 0 aliphatic carbocycles. The number of nitrogens with zero attached hydrogens (tertiary/aromatic N) is 2. The first-order valence-corrected chi connectivity index (χ1v) is 2.71. The SMILES string of the molecule is O=c1nc2ccnc-2c1=O.[Mo]. The minimum absolute atomic E-state index is 0. The molecule has 2 aliphatic rings. The van der Waals surface area contributed by atoms with Crippen LogP contribution in [0.5, 0.6) is 0 Å². The van der Waals surface area contributed by atoms with Gasteiger partial charge in [0.25, 0.3) is 5.43 Å². The standard InChI is InChI=1S/C6H2N2O2.Mo/c9-5-4-3(1-2-7-4)8-6(5)10;/h1-2H;. The molecule has 11 heavy (non-hydrogen) atoms. The molecule has 0 aromatic carbocycles. The molecule has 2 rings (SSSR count). The summed E-state index contributed by atoms with van der Waals surface area (Å²) in [5.74, 6) is 0. The second kappa shape index (κ2) is 2.62. The molecular weight excluding hydrogens is 228 g/mol. The van der Waals surface area contributed by atoms with Gasteiger partial charge in [-0.25, -0.2) is 4.98 Å². The van der Waals surface area contributed by atoms with Gasteiger partial charge in [0.15, 0.2) is 0 Å². The van der Waals surface area contributed by atoms with Crippen molar-refractivity contribution in [1.29, 1.82) is 0 Å². The van der Waals surface area contributed by atoms with Crippen molar-refractivity contribution in [3.63, 3.8) is 0 Å². The smallest absolute Gasteiger partial charge is 0.281 e. The third-order valence-corrected chi connectivity index (χ3v) is 1.31. The van der Waals surface area contributed by atoms with Crippen LogP contribution >= 0.6 is 0 Å². The van der Waals surface area contributed by atoms with Crippen LogP contribution in [0.15, 0.2) is 21.9 Å². The van der Waals surface area contributed by atoms with Gasteiger partial charge in [-0.05, 0) is 6.07 Å². The van der Waals surface area contributed by atoms with Crippen molar-refractivity contribution >= 4 is 0 Å². The van der Waals surface area contributed by atoms with Gasteiger partial charge in [-0.15, -0.1) is 0 Å². The molecule has 0 saturated carbocycles. The molecule has 0 spiro atoms. The molecule has 54 valence electrons. The first-order valence-electron chi connectivity index (χ1n) is 2.71. The molecule has 0 amide bonds. The Labute approximate surface area is 75.6 Å². The van der Waals surface area contributed by atoms with Crippen molar-refractivity contribution in [2.24, 2.45) is 0 Å². The van der Waals surface area contributed by atoms with Gasteiger partial charge >= 0.3 is 5.56 Å². The Morgan fingerprint density at radius 1 is 1.27 bits per heavy atom. The molecule has 2 aliphatic heterocycles. The molecule has 0 fully saturated rings. The maximum absolute atomic E-state index is 10.8. The minimum atomic E-state index is -0.710. The van der Waals surface area contributed by atoms with Crippen LogP contribution in [0.1, 0.15) is 0 Å². The zero-order valence-corrected chi connectivity index (χ0v) is 7.28. The Morgan fingerprint density at radius 3 is 2.64 bits per heavy atom. The first-order chi connectivity index (χ1) is 4.79. The van der Waals surface area contributed by atoms with Crippen molar-refractivity contribution in [2.75, 3.05) is 0 Å². The van der Waals surface area contributed by atoms with Crippen LogP contribution in [0.3, 0.4) is 0 Å². The number of rotatable bonds is 0. The molecule has 2 heterocycles. The number of hydrogen-bond acceptors (Lipinski definition) is 4. The summed E-state index contributed by atoms with van der Waals surface area (Å²) < 4.78 is 0. The Hall–Kier alpha value is -0.892. The van der Waals surface area contributed by atoms with E-state index in [4.69, 9.17) is 0 Å². The topological polar surface area (TPSA) is 59.9 Å². The molecule has 0 saturated heterocycles. The van der Waals surface area contributed by atoms with Gasteiger partial charge in [0.2, 0.25) is 0 Å². The van der Waals surface area contributed by atoms with Gasteiger partial charge in [0.1, 0.15) is 5.69 Å². The summed E-state index contributed by atoms with van der Waals surface area (Å²) in [7, 11) is 0. The molecule has 5 heteroatoms. The third kappa shape index (κ3) is 1.03. The predicted octanol–water partition coefficient (Wildman–Crippen LogP) is -0.825. The van der Waals surface area contributed by atoms with Crippen molar-refractivity contribution in [1.82, 2.24) is 9.97 Å². The van der Waals surface area contributed by atoms with E-state index in [1.807, 2.05) is 0 Å². The fraction of sp³-hybridized carbons (Fsp3) is 0. The monoisotopic (exact) mass is 232 g/mol. The van der Waals surface area contributed by atoms with Gasteiger partial charge in [-0.1, -0.05) is 0 Å². The van der Waals surface area contributed by atoms with E-state index in [-0.39, 0.29) is 26.8 Å². The van der Waals surface area contributed by atoms with E-state index in [1.165, 1.54) is 12.3 Å². The Balaban J connectivity index is 0.000000605. The minimum Gasteiger partial charge on any atom is -0.281 e. The number of aromatic nitrogens is 2. The molecule has 0 atom stereocenters. The summed E-state index contributed by atoms with van der Waals surface area (Å²) in [5.41, 5.74) is -0.724. The zero-order valence-electron chi connectivity index (χ0n) is 5.27. The number of hydrogen-bond donors (Lipinski definition) is 0. The van der Waals surface area contributed by atoms with Gasteiger partial charge in [0.05, 0.1) is 5.69 Å². The first kappa shape index (κ1) is 8.21. The summed E-state index contributed by atoms with van der Waals surface area (Å²) in [6.07, 6.45) is 1.46. The molecule has 0 bridgehead atoms. The summed E-state index contributed by atoms with van der Waals surface area (Å²) in [4.78, 5) is 28.4. The van der Waals surface area contributed by atoms with Crippen molar-refractivity contribution in [3.8, 4) is 11.4 Å². The molecule has 0 aromatic heterocycles. The molecule has 0 radical (unpaired) electrons. The van der Waals surface area contributed by atoms with E-state index < -0.39 is 11.0 Å². The van der Waals surface area contributed by atoms with Crippen LogP contribution in [-0.4, -0.2) is 9.97 Å². The van der Waals surface area contributed by atoms with Crippen LogP contribution in [-0.2, 0) is 21.1 Å². The van der Waals surface area contributed by atoms with Crippen LogP contribution in [0, 0.1) is 0 Å². The zero-order chi connectivity index (χ0) is 7.14. The van der Waals surface area contributed by atoms with Gasteiger partial charge in [-0.2, -0.15) is 0 Å². The van der Waals surface area contributed by atoms with Crippen molar-refractivity contribution in [2.45, 2.75) is 0 Å². The Morgan fingerprint density at radius 2 is 2.00 bits per heavy atom.